The SMILES string of the molecule is COC(=O)[C@]12Oc3cccc(O)c3C(O)=C1C(=O)OC=C(C)C2O. The molecule has 0 bridgehead atoms. The highest BCUT2D eigenvalue weighted by Gasteiger charge is 2.61. The van der Waals surface area contributed by atoms with E-state index in [2.05, 4.69) is 0 Å². The molecule has 2 aliphatic heterocycles. The molecule has 0 aromatic heterocycles. The number of carbonyl (C=O) groups excluding carboxylic acids is 2. The zero-order valence-electron chi connectivity index (χ0n) is 12.8. The highest BCUT2D eigenvalue weighted by Crippen LogP contribution is 2.47. The summed E-state index contributed by atoms with van der Waals surface area (Å²) in [5.74, 6) is -3.40. The molecule has 8 nitrogen and oxygen atoms in total. The Morgan fingerprint density at radius 1 is 1.33 bits per heavy atom. The number of cyclic esters (lactones) is 1. The van der Waals surface area contributed by atoms with Gasteiger partial charge in [0.2, 0.25) is 0 Å². The van der Waals surface area contributed by atoms with Crippen molar-refractivity contribution in [3.05, 3.63) is 41.2 Å². The summed E-state index contributed by atoms with van der Waals surface area (Å²) in [6, 6.07) is 4.06. The molecule has 0 spiro atoms. The number of rotatable bonds is 1. The van der Waals surface area contributed by atoms with Gasteiger partial charge in [-0.15, -0.1) is 0 Å². The number of aromatic hydroxyl groups is 1. The average molecular weight is 334 g/mol. The summed E-state index contributed by atoms with van der Waals surface area (Å²) < 4.78 is 15.2. The number of phenols is 1. The van der Waals surface area contributed by atoms with E-state index in [4.69, 9.17) is 14.2 Å². The van der Waals surface area contributed by atoms with Gasteiger partial charge in [0.25, 0.3) is 5.60 Å². The first kappa shape index (κ1) is 15.9. The van der Waals surface area contributed by atoms with Gasteiger partial charge in [-0.1, -0.05) is 6.07 Å². The first-order chi connectivity index (χ1) is 11.3. The van der Waals surface area contributed by atoms with Crippen LogP contribution in [0, 0.1) is 0 Å². The number of aliphatic hydroxyl groups excluding tert-OH is 2. The number of fused-ring (bicyclic) bond motifs is 2. The predicted octanol–water partition coefficient (Wildman–Crippen LogP) is 0.787. The molecular formula is C16H14O8. The molecule has 0 amide bonds. The number of benzene rings is 1. The maximum absolute atomic E-state index is 12.5. The van der Waals surface area contributed by atoms with Gasteiger partial charge in [-0.05, 0) is 24.6 Å². The van der Waals surface area contributed by atoms with E-state index in [1.165, 1.54) is 25.1 Å². The largest absolute Gasteiger partial charge is 0.507 e. The highest BCUT2D eigenvalue weighted by atomic mass is 16.6. The number of methoxy groups -OCH3 is 1. The minimum absolute atomic E-state index is 0.0943. The first-order valence-corrected chi connectivity index (χ1v) is 6.93. The Labute approximate surface area is 136 Å². The van der Waals surface area contributed by atoms with Crippen molar-refractivity contribution in [2.24, 2.45) is 0 Å². The molecule has 1 unspecified atom stereocenters. The van der Waals surface area contributed by atoms with E-state index in [9.17, 15) is 24.9 Å². The topological polar surface area (TPSA) is 123 Å². The lowest BCUT2D eigenvalue weighted by Crippen LogP contribution is -2.59. The molecule has 2 aliphatic rings. The van der Waals surface area contributed by atoms with Gasteiger partial charge in [-0.3, -0.25) is 0 Å². The molecule has 1 aromatic carbocycles. The van der Waals surface area contributed by atoms with Crippen molar-refractivity contribution in [3.63, 3.8) is 0 Å². The molecule has 0 saturated heterocycles. The van der Waals surface area contributed by atoms with Crippen LogP contribution < -0.4 is 4.74 Å². The third-order valence-corrected chi connectivity index (χ3v) is 3.98. The summed E-state index contributed by atoms with van der Waals surface area (Å²) in [6.07, 6.45) is -0.700. The fourth-order valence-electron chi connectivity index (χ4n) is 2.81. The molecule has 8 heteroatoms. The summed E-state index contributed by atoms with van der Waals surface area (Å²) in [4.78, 5) is 24.8. The Balaban J connectivity index is 2.40. The van der Waals surface area contributed by atoms with Crippen LogP contribution >= 0.6 is 0 Å². The molecule has 1 aromatic rings. The maximum atomic E-state index is 12.5. The Morgan fingerprint density at radius 2 is 2.04 bits per heavy atom. The Morgan fingerprint density at radius 3 is 2.71 bits per heavy atom. The number of phenolic OH excluding ortho intramolecular Hbond substituents is 1. The Bertz CT molecular complexity index is 806. The standard InChI is InChI=1S/C16H14O8/c1-7-6-23-14(20)11-12(18)10-8(17)4-3-5-9(10)24-16(11,13(7)19)15(21)22-2/h3-6,13,17-19H,1-2H3/t13?,16-/m0/s1. The van der Waals surface area contributed by atoms with Crippen LogP contribution in [0.3, 0.4) is 0 Å². The molecule has 2 heterocycles. The summed E-state index contributed by atoms with van der Waals surface area (Å²) in [5, 5.41) is 31.1. The number of esters is 2. The summed E-state index contributed by atoms with van der Waals surface area (Å²) in [6.45, 7) is 1.42. The van der Waals surface area contributed by atoms with E-state index in [0.29, 0.717) is 0 Å². The fraction of sp³-hybridized carbons (Fsp3) is 0.250. The molecule has 0 fully saturated rings. The first-order valence-electron chi connectivity index (χ1n) is 6.93. The van der Waals surface area contributed by atoms with Crippen LogP contribution in [0.4, 0.5) is 0 Å². The second kappa shape index (κ2) is 5.27. The zero-order chi connectivity index (χ0) is 17.6. The van der Waals surface area contributed by atoms with Crippen LogP contribution in [0.2, 0.25) is 0 Å². The van der Waals surface area contributed by atoms with Crippen molar-refractivity contribution in [3.8, 4) is 11.5 Å². The van der Waals surface area contributed by atoms with E-state index < -0.39 is 35.0 Å². The van der Waals surface area contributed by atoms with Crippen LogP contribution in [0.25, 0.3) is 5.76 Å². The predicted molar refractivity (Wildman–Crippen MR) is 78.9 cm³/mol. The van der Waals surface area contributed by atoms with E-state index in [1.54, 1.807) is 0 Å². The normalized spacial score (nSPS) is 25.5. The second-order valence-corrected chi connectivity index (χ2v) is 5.37. The number of hydrogen-bond donors (Lipinski definition) is 3. The van der Waals surface area contributed by atoms with Crippen molar-refractivity contribution in [1.29, 1.82) is 0 Å². The van der Waals surface area contributed by atoms with Crippen LogP contribution in [0.5, 0.6) is 11.5 Å². The van der Waals surface area contributed by atoms with Gasteiger partial charge in [-0.2, -0.15) is 0 Å². The Hall–Kier alpha value is -3.00. The average Bonchev–Trinajstić information content (AvgIpc) is 2.65. The third kappa shape index (κ3) is 1.89. The van der Waals surface area contributed by atoms with E-state index in [-0.39, 0.29) is 22.6 Å². The highest BCUT2D eigenvalue weighted by molar-refractivity contribution is 6.08. The molecule has 3 N–H and O–H groups in total. The number of carbonyl (C=O) groups is 2. The Kier molecular flexibility index (Phi) is 3.49. The lowest BCUT2D eigenvalue weighted by Gasteiger charge is -2.38. The van der Waals surface area contributed by atoms with E-state index in [0.717, 1.165) is 13.4 Å². The summed E-state index contributed by atoms with van der Waals surface area (Å²) >= 11 is 0. The lowest BCUT2D eigenvalue weighted by molar-refractivity contribution is -0.165. The summed E-state index contributed by atoms with van der Waals surface area (Å²) in [5.41, 5.74) is -3.08. The van der Waals surface area contributed by atoms with Crippen molar-refractivity contribution >= 4 is 17.7 Å². The van der Waals surface area contributed by atoms with E-state index >= 15 is 0 Å². The van der Waals surface area contributed by atoms with Crippen LogP contribution in [0.1, 0.15) is 12.5 Å². The number of ether oxygens (including phenoxy) is 3. The van der Waals surface area contributed by atoms with Crippen molar-refractivity contribution in [2.75, 3.05) is 7.11 Å². The van der Waals surface area contributed by atoms with Gasteiger partial charge in [-0.25, -0.2) is 9.59 Å². The second-order valence-electron chi connectivity index (χ2n) is 5.37. The number of hydrogen-bond acceptors (Lipinski definition) is 8. The number of aliphatic hydroxyl groups is 2. The van der Waals surface area contributed by atoms with Crippen molar-refractivity contribution in [1.82, 2.24) is 0 Å². The smallest absolute Gasteiger partial charge is 0.358 e. The van der Waals surface area contributed by atoms with Gasteiger partial charge in [0.05, 0.1) is 13.4 Å². The maximum Gasteiger partial charge on any atom is 0.358 e. The van der Waals surface area contributed by atoms with Crippen LogP contribution in [-0.2, 0) is 19.1 Å². The molecule has 2 atom stereocenters. The molecule has 126 valence electrons. The molecule has 0 aliphatic carbocycles. The molecule has 24 heavy (non-hydrogen) atoms. The third-order valence-electron chi connectivity index (χ3n) is 3.98. The lowest BCUT2D eigenvalue weighted by atomic mass is 9.81. The van der Waals surface area contributed by atoms with Crippen molar-refractivity contribution in [2.45, 2.75) is 18.6 Å². The molecule has 3 rings (SSSR count). The van der Waals surface area contributed by atoms with Crippen LogP contribution in [-0.4, -0.2) is 46.1 Å². The quantitative estimate of drug-likeness (QED) is 0.644. The minimum Gasteiger partial charge on any atom is -0.507 e. The van der Waals surface area contributed by atoms with E-state index in [1.807, 2.05) is 0 Å². The molecular weight excluding hydrogens is 320 g/mol. The zero-order valence-corrected chi connectivity index (χ0v) is 12.8. The van der Waals surface area contributed by atoms with Gasteiger partial charge in [0.15, 0.2) is 0 Å². The van der Waals surface area contributed by atoms with Gasteiger partial charge >= 0.3 is 11.9 Å². The monoisotopic (exact) mass is 334 g/mol. The van der Waals surface area contributed by atoms with Crippen LogP contribution in [0.15, 0.2) is 35.6 Å². The molecule has 0 radical (unpaired) electrons. The minimum atomic E-state index is -2.35. The van der Waals surface area contributed by atoms with Gasteiger partial charge < -0.3 is 29.5 Å². The molecule has 0 saturated carbocycles. The fourth-order valence-corrected chi connectivity index (χ4v) is 2.81. The summed E-state index contributed by atoms with van der Waals surface area (Å²) in [7, 11) is 1.05. The van der Waals surface area contributed by atoms with Gasteiger partial charge in [0.1, 0.15) is 34.5 Å². The van der Waals surface area contributed by atoms with Gasteiger partial charge in [0, 0.05) is 0 Å². The van der Waals surface area contributed by atoms with Crippen molar-refractivity contribution < 1.29 is 39.1 Å².